The smallest absolute Gasteiger partial charge is 0.277 e. The van der Waals surface area contributed by atoms with Crippen LogP contribution < -0.4 is 25.5 Å². The normalized spacial score (nSPS) is 10.8. The van der Waals surface area contributed by atoms with Crippen LogP contribution in [0.3, 0.4) is 0 Å². The number of aryl methyl sites for hydroxylation is 1. The molecule has 0 fully saturated rings. The number of imidazole rings is 1. The standard InChI is InChI=1S/C24H31N7O5.CH2O2/c1-3-30-19-14-16(34-2)4-5-18(19)31(8-10-35-12-13-36-11-9-32)20(30)15-27-24(33)21-22(25)29-23-17(28-21)6-7-26-23;2-1-3/h4-7,14,32H,3,8-13,15H2,1-2H3,(H3-,25,26,27,28,29,33);1H,(H,2,3). The predicted molar refractivity (Wildman–Crippen MR) is 139 cm³/mol. The number of aromatic amines is 1. The molecule has 0 atom stereocenters. The number of aromatic nitrogens is 5. The number of nitrogen functional groups attached to an aromatic ring is 1. The van der Waals surface area contributed by atoms with Crippen molar-refractivity contribution in [2.24, 2.45) is 0 Å². The van der Waals surface area contributed by atoms with E-state index in [1.807, 2.05) is 25.1 Å². The van der Waals surface area contributed by atoms with Crippen molar-refractivity contribution in [1.29, 1.82) is 0 Å². The molecule has 0 aliphatic heterocycles. The van der Waals surface area contributed by atoms with Crippen LogP contribution in [-0.2, 0) is 33.9 Å². The summed E-state index contributed by atoms with van der Waals surface area (Å²) < 4.78 is 20.7. The van der Waals surface area contributed by atoms with Crippen LogP contribution in [0.25, 0.3) is 22.2 Å². The van der Waals surface area contributed by atoms with Crippen LogP contribution in [-0.4, -0.2) is 77.1 Å². The Morgan fingerprint density at radius 1 is 1.23 bits per heavy atom. The van der Waals surface area contributed by atoms with Crippen molar-refractivity contribution in [2.75, 3.05) is 45.9 Å². The number of nitrogens with one attached hydrogen (secondary N) is 2. The number of fused-ring (bicyclic) bond motifs is 2. The molecule has 4 rings (SSSR count). The van der Waals surface area contributed by atoms with E-state index in [-0.39, 0.29) is 24.7 Å². The highest BCUT2D eigenvalue weighted by Gasteiger charge is 2.26. The Hall–Kier alpha value is -4.27. The predicted octanol–water partition coefficient (Wildman–Crippen LogP) is -0.868. The third-order valence-corrected chi connectivity index (χ3v) is 5.80. The van der Waals surface area contributed by atoms with Crippen LogP contribution >= 0.6 is 0 Å². The molecule has 4 aromatic rings. The van der Waals surface area contributed by atoms with E-state index in [0.717, 1.165) is 22.6 Å². The fourth-order valence-electron chi connectivity index (χ4n) is 4.13. The van der Waals surface area contributed by atoms with Gasteiger partial charge >= 0.3 is 0 Å². The summed E-state index contributed by atoms with van der Waals surface area (Å²) in [5, 5.41) is 20.0. The summed E-state index contributed by atoms with van der Waals surface area (Å²) in [5.41, 5.74) is 9.17. The maximum Gasteiger partial charge on any atom is 0.277 e. The van der Waals surface area contributed by atoms with Gasteiger partial charge in [-0.15, -0.1) is 0 Å². The van der Waals surface area contributed by atoms with Gasteiger partial charge < -0.3 is 45.3 Å². The molecule has 1 aromatic carbocycles. The molecular weight excluding hydrogens is 510 g/mol. The first-order chi connectivity index (χ1) is 19.0. The molecular formula is C25H33N7O7. The van der Waals surface area contributed by atoms with E-state index in [0.29, 0.717) is 50.7 Å². The van der Waals surface area contributed by atoms with E-state index in [1.54, 1.807) is 19.4 Å². The van der Waals surface area contributed by atoms with Gasteiger partial charge in [0, 0.05) is 18.7 Å². The van der Waals surface area contributed by atoms with E-state index in [1.165, 1.54) is 0 Å². The molecule has 39 heavy (non-hydrogen) atoms. The molecule has 3 heterocycles. The highest BCUT2D eigenvalue weighted by atomic mass is 16.5. The Morgan fingerprint density at radius 3 is 2.67 bits per heavy atom. The Labute approximate surface area is 224 Å². The first kappa shape index (κ1) is 29.3. The lowest BCUT2D eigenvalue weighted by Crippen LogP contribution is -2.43. The number of carbonyl (C=O) groups is 2. The number of benzene rings is 1. The molecule has 210 valence electrons. The number of H-pyrrole nitrogens is 1. The lowest BCUT2D eigenvalue weighted by molar-refractivity contribution is -0.681. The number of nitrogens with zero attached hydrogens (tertiary/aromatic N) is 4. The summed E-state index contributed by atoms with van der Waals surface area (Å²) in [6.45, 7) is 4.62. The molecule has 0 saturated carbocycles. The zero-order valence-electron chi connectivity index (χ0n) is 21.9. The molecule has 14 nitrogen and oxygen atoms in total. The lowest BCUT2D eigenvalue weighted by atomic mass is 10.3. The third-order valence-electron chi connectivity index (χ3n) is 5.80. The molecule has 0 aliphatic rings. The van der Waals surface area contributed by atoms with Crippen LogP contribution in [0.1, 0.15) is 23.2 Å². The fourth-order valence-corrected chi connectivity index (χ4v) is 4.13. The van der Waals surface area contributed by atoms with Gasteiger partial charge in [-0.3, -0.25) is 4.79 Å². The van der Waals surface area contributed by atoms with Crippen molar-refractivity contribution >= 4 is 40.4 Å². The van der Waals surface area contributed by atoms with Gasteiger partial charge in [-0.2, -0.15) is 0 Å². The summed E-state index contributed by atoms with van der Waals surface area (Å²) in [7, 11) is 1.63. The van der Waals surface area contributed by atoms with E-state index in [2.05, 4.69) is 29.4 Å². The number of hydrogen-bond donors (Lipinski definition) is 4. The van der Waals surface area contributed by atoms with Gasteiger partial charge in [0.15, 0.2) is 28.2 Å². The van der Waals surface area contributed by atoms with E-state index >= 15 is 0 Å². The molecule has 0 bridgehead atoms. The van der Waals surface area contributed by atoms with Crippen molar-refractivity contribution in [1.82, 2.24) is 24.8 Å². The number of hydrogen-bond acceptors (Lipinski definition) is 10. The highest BCUT2D eigenvalue weighted by Crippen LogP contribution is 2.21. The van der Waals surface area contributed by atoms with E-state index < -0.39 is 12.4 Å². The molecule has 1 amide bonds. The molecule has 0 spiro atoms. The second kappa shape index (κ2) is 14.6. The summed E-state index contributed by atoms with van der Waals surface area (Å²) >= 11 is 0. The quantitative estimate of drug-likeness (QED) is 0.0936. The Balaban J connectivity index is 0.00000134. The molecule has 5 N–H and O–H groups in total. The van der Waals surface area contributed by atoms with Gasteiger partial charge in [-0.1, -0.05) is 0 Å². The average molecular weight is 544 g/mol. The van der Waals surface area contributed by atoms with Crippen LogP contribution in [0.2, 0.25) is 0 Å². The molecule has 14 heteroatoms. The van der Waals surface area contributed by atoms with Gasteiger partial charge in [0.2, 0.25) is 0 Å². The number of amides is 1. The number of rotatable bonds is 13. The second-order valence-corrected chi connectivity index (χ2v) is 8.06. The third kappa shape index (κ3) is 7.19. The number of anilines is 1. The van der Waals surface area contributed by atoms with Crippen molar-refractivity contribution in [3.63, 3.8) is 0 Å². The maximum absolute atomic E-state index is 13.0. The Kier molecular flexibility index (Phi) is 11.0. The lowest BCUT2D eigenvalue weighted by Gasteiger charge is -2.08. The van der Waals surface area contributed by atoms with Gasteiger partial charge in [-0.05, 0) is 25.1 Å². The number of nitrogens with two attached hydrogens (primary N) is 1. The summed E-state index contributed by atoms with van der Waals surface area (Å²) in [5.74, 6) is 1.30. The minimum Gasteiger partial charge on any atom is -0.554 e. The monoisotopic (exact) mass is 543 g/mol. The zero-order chi connectivity index (χ0) is 28.2. The van der Waals surface area contributed by atoms with E-state index in [9.17, 15) is 4.79 Å². The average Bonchev–Trinajstić information content (AvgIpc) is 3.51. The van der Waals surface area contributed by atoms with Crippen molar-refractivity contribution in [2.45, 2.75) is 26.6 Å². The van der Waals surface area contributed by atoms with Gasteiger partial charge in [0.05, 0.1) is 46.7 Å². The summed E-state index contributed by atoms with van der Waals surface area (Å²) in [6, 6.07) is 7.63. The minimum absolute atomic E-state index is 0.0127. The zero-order valence-corrected chi connectivity index (χ0v) is 21.9. The van der Waals surface area contributed by atoms with Crippen molar-refractivity contribution < 1.29 is 38.6 Å². The molecule has 0 radical (unpaired) electrons. The number of ether oxygens (including phenoxy) is 3. The molecule has 0 saturated heterocycles. The first-order valence-electron chi connectivity index (χ1n) is 12.3. The molecule has 3 aromatic heterocycles. The van der Waals surface area contributed by atoms with Crippen LogP contribution in [0.15, 0.2) is 30.5 Å². The van der Waals surface area contributed by atoms with Gasteiger partial charge in [-0.25, -0.2) is 19.1 Å². The van der Waals surface area contributed by atoms with Crippen molar-refractivity contribution in [3.8, 4) is 5.75 Å². The fraction of sp³-hybridized carbons (Fsp3) is 0.400. The first-order valence-corrected chi connectivity index (χ1v) is 12.3. The highest BCUT2D eigenvalue weighted by molar-refractivity contribution is 5.98. The number of carbonyl (C=O) groups excluding carboxylic acids is 2. The van der Waals surface area contributed by atoms with Crippen LogP contribution in [0.5, 0.6) is 5.75 Å². The van der Waals surface area contributed by atoms with E-state index in [4.69, 9.17) is 35.0 Å². The molecule has 0 aliphatic carbocycles. The number of carboxylic acid groups (broad SMARTS) is 1. The Morgan fingerprint density at radius 2 is 1.97 bits per heavy atom. The number of aliphatic hydroxyl groups is 1. The molecule has 0 unspecified atom stereocenters. The minimum atomic E-state index is -0.500. The SMILES string of the molecule is CCn1c(CNC(=O)c2nc3cc[nH]c3nc2N)[n+](CCOCCOCCO)c2ccc(OC)cc21.O=C[O-]. The topological polar surface area (TPSA) is 194 Å². The van der Waals surface area contributed by atoms with Crippen molar-refractivity contribution in [3.05, 3.63) is 42.0 Å². The van der Waals surface area contributed by atoms with Crippen LogP contribution in [0.4, 0.5) is 5.82 Å². The maximum atomic E-state index is 13.0. The largest absolute Gasteiger partial charge is 0.554 e. The number of methoxy groups -OCH3 is 1. The summed E-state index contributed by atoms with van der Waals surface area (Å²) in [4.78, 5) is 32.8. The second-order valence-electron chi connectivity index (χ2n) is 8.06. The Bertz CT molecular complexity index is 1390. The summed E-state index contributed by atoms with van der Waals surface area (Å²) in [6.07, 6.45) is 1.70. The van der Waals surface area contributed by atoms with Gasteiger partial charge in [0.1, 0.15) is 24.4 Å². The van der Waals surface area contributed by atoms with Gasteiger partial charge in [0.25, 0.3) is 11.7 Å². The van der Waals surface area contributed by atoms with Crippen LogP contribution in [0, 0.1) is 0 Å². The number of aliphatic hydroxyl groups excluding tert-OH is 1.